The number of nitrogens with one attached hydrogen (secondary N) is 2. The van der Waals surface area contributed by atoms with Crippen molar-refractivity contribution in [1.82, 2.24) is 0 Å². The highest BCUT2D eigenvalue weighted by atomic mass is 32.2. The minimum absolute atomic E-state index is 0.0254. The summed E-state index contributed by atoms with van der Waals surface area (Å²) >= 11 is 0. The summed E-state index contributed by atoms with van der Waals surface area (Å²) in [4.78, 5) is 25.5. The van der Waals surface area contributed by atoms with Gasteiger partial charge < -0.3 is 21.0 Å². The summed E-state index contributed by atoms with van der Waals surface area (Å²) in [5, 5.41) is 10.2. The van der Waals surface area contributed by atoms with Crippen molar-refractivity contribution in [2.75, 3.05) is 17.3 Å². The van der Waals surface area contributed by atoms with Crippen LogP contribution in [0.25, 0.3) is 11.1 Å². The summed E-state index contributed by atoms with van der Waals surface area (Å²) < 4.78 is 27.3. The molecule has 0 aliphatic rings. The molecule has 0 bridgehead atoms. The van der Waals surface area contributed by atoms with Gasteiger partial charge in [-0.2, -0.15) is 8.42 Å². The fourth-order valence-electron chi connectivity index (χ4n) is 2.99. The highest BCUT2D eigenvalue weighted by molar-refractivity contribution is 7.86. The van der Waals surface area contributed by atoms with Gasteiger partial charge in [0.15, 0.2) is 0 Å². The second-order valence-electron chi connectivity index (χ2n) is 6.87. The average Bonchev–Trinajstić information content (AvgIpc) is 2.73. The van der Waals surface area contributed by atoms with Crippen LogP contribution in [-0.2, 0) is 14.3 Å². The minimum atomic E-state index is -4.03. The standard InChI is InChI=1S/C22H20N4O5S/c1-32(29,30)31-22(28)18-5-3-2-4-16(18)17-11-8-14(23)12-19(17)21(27)26-15-9-6-13(7-10-15)20(24)25/h2-12H,23H2,1H3,(H3,24,25)(H,26,27). The molecule has 0 aromatic heterocycles. The summed E-state index contributed by atoms with van der Waals surface area (Å²) in [6, 6.07) is 17.1. The third-order valence-corrected chi connectivity index (χ3v) is 4.86. The van der Waals surface area contributed by atoms with Crippen LogP contribution in [0.2, 0.25) is 0 Å². The molecule has 0 heterocycles. The van der Waals surface area contributed by atoms with Crippen molar-refractivity contribution in [2.24, 2.45) is 5.73 Å². The molecule has 6 N–H and O–H groups in total. The highest BCUT2D eigenvalue weighted by Gasteiger charge is 2.22. The molecule has 0 saturated carbocycles. The van der Waals surface area contributed by atoms with E-state index >= 15 is 0 Å². The van der Waals surface area contributed by atoms with E-state index in [4.69, 9.17) is 16.9 Å². The first-order chi connectivity index (χ1) is 15.0. The maximum atomic E-state index is 13.0. The zero-order valence-electron chi connectivity index (χ0n) is 17.0. The number of hydrogen-bond acceptors (Lipinski definition) is 7. The van der Waals surface area contributed by atoms with Crippen molar-refractivity contribution in [2.45, 2.75) is 0 Å². The Bertz CT molecular complexity index is 1320. The van der Waals surface area contributed by atoms with Crippen molar-refractivity contribution in [1.29, 1.82) is 5.41 Å². The number of anilines is 2. The molecular formula is C22H20N4O5S. The van der Waals surface area contributed by atoms with Crippen LogP contribution < -0.4 is 16.8 Å². The topological polar surface area (TPSA) is 165 Å². The van der Waals surface area contributed by atoms with Crippen molar-refractivity contribution in [3.05, 3.63) is 83.4 Å². The van der Waals surface area contributed by atoms with Gasteiger partial charge in [-0.25, -0.2) is 4.79 Å². The van der Waals surface area contributed by atoms with E-state index in [1.54, 1.807) is 54.6 Å². The Balaban J connectivity index is 2.01. The molecule has 0 unspecified atom stereocenters. The molecule has 1 amide bonds. The third-order valence-electron chi connectivity index (χ3n) is 4.41. The van der Waals surface area contributed by atoms with E-state index in [1.165, 1.54) is 12.1 Å². The van der Waals surface area contributed by atoms with Crippen LogP contribution in [0.4, 0.5) is 11.4 Å². The lowest BCUT2D eigenvalue weighted by Gasteiger charge is -2.14. The van der Waals surface area contributed by atoms with Gasteiger partial charge in [-0.3, -0.25) is 10.2 Å². The molecular weight excluding hydrogens is 432 g/mol. The normalized spacial score (nSPS) is 10.9. The lowest BCUT2D eigenvalue weighted by atomic mass is 9.94. The lowest BCUT2D eigenvalue weighted by molar-refractivity contribution is 0.0748. The number of carbonyl (C=O) groups is 2. The van der Waals surface area contributed by atoms with Crippen molar-refractivity contribution >= 4 is 39.2 Å². The second-order valence-corrected chi connectivity index (χ2v) is 8.45. The Morgan fingerprint density at radius 3 is 2.19 bits per heavy atom. The highest BCUT2D eigenvalue weighted by Crippen LogP contribution is 2.30. The number of nitrogen functional groups attached to an aromatic ring is 2. The van der Waals surface area contributed by atoms with Crippen LogP contribution in [0, 0.1) is 5.41 Å². The van der Waals surface area contributed by atoms with E-state index in [9.17, 15) is 18.0 Å². The first-order valence-corrected chi connectivity index (χ1v) is 11.1. The van der Waals surface area contributed by atoms with Crippen LogP contribution in [0.3, 0.4) is 0 Å². The minimum Gasteiger partial charge on any atom is -0.399 e. The third kappa shape index (κ3) is 5.29. The Labute approximate surface area is 184 Å². The maximum absolute atomic E-state index is 13.0. The molecule has 0 aliphatic heterocycles. The van der Waals surface area contributed by atoms with Gasteiger partial charge >= 0.3 is 16.1 Å². The van der Waals surface area contributed by atoms with E-state index in [-0.39, 0.29) is 17.0 Å². The van der Waals surface area contributed by atoms with Gasteiger partial charge in [0.25, 0.3) is 5.91 Å². The van der Waals surface area contributed by atoms with Crippen LogP contribution in [-0.4, -0.2) is 32.4 Å². The zero-order valence-corrected chi connectivity index (χ0v) is 17.8. The Hall–Kier alpha value is -4.18. The second kappa shape index (κ2) is 8.90. The predicted octanol–water partition coefficient (Wildman–Crippen LogP) is 2.59. The van der Waals surface area contributed by atoms with Gasteiger partial charge in [0.1, 0.15) is 5.84 Å². The number of amidine groups is 1. The average molecular weight is 452 g/mol. The lowest BCUT2D eigenvalue weighted by Crippen LogP contribution is -2.16. The molecule has 9 nitrogen and oxygen atoms in total. The van der Waals surface area contributed by atoms with Gasteiger partial charge in [-0.1, -0.05) is 24.3 Å². The summed E-state index contributed by atoms with van der Waals surface area (Å²) in [7, 11) is -4.03. The smallest absolute Gasteiger partial charge is 0.354 e. The van der Waals surface area contributed by atoms with Crippen LogP contribution >= 0.6 is 0 Å². The molecule has 0 atom stereocenters. The molecule has 10 heteroatoms. The van der Waals surface area contributed by atoms with Crippen molar-refractivity contribution < 1.29 is 22.2 Å². The Morgan fingerprint density at radius 1 is 0.938 bits per heavy atom. The molecule has 32 heavy (non-hydrogen) atoms. The molecule has 0 saturated heterocycles. The summed E-state index contributed by atoms with van der Waals surface area (Å²) in [5.41, 5.74) is 13.4. The maximum Gasteiger partial charge on any atom is 0.354 e. The molecule has 0 radical (unpaired) electrons. The monoisotopic (exact) mass is 452 g/mol. The SMILES string of the molecule is CS(=O)(=O)OC(=O)c1ccccc1-c1ccc(N)cc1C(=O)Nc1ccc(C(=N)N)cc1. The molecule has 0 fully saturated rings. The molecule has 0 aliphatic carbocycles. The number of hydrogen-bond donors (Lipinski definition) is 4. The summed E-state index contributed by atoms with van der Waals surface area (Å²) in [5.74, 6) is -1.67. The summed E-state index contributed by atoms with van der Waals surface area (Å²) in [6.45, 7) is 0. The number of benzene rings is 3. The van der Waals surface area contributed by atoms with Crippen LogP contribution in [0.15, 0.2) is 66.7 Å². The molecule has 3 aromatic rings. The molecule has 3 aromatic carbocycles. The Kier molecular flexibility index (Phi) is 6.26. The van der Waals surface area contributed by atoms with Gasteiger partial charge in [0.2, 0.25) is 0 Å². The first kappa shape index (κ1) is 22.5. The largest absolute Gasteiger partial charge is 0.399 e. The quantitative estimate of drug-likeness (QED) is 0.193. The fraction of sp³-hybridized carbons (Fsp3) is 0.0455. The van der Waals surface area contributed by atoms with E-state index in [1.807, 2.05) is 0 Å². The van der Waals surface area contributed by atoms with E-state index in [0.29, 0.717) is 28.1 Å². The molecule has 0 spiro atoms. The van der Waals surface area contributed by atoms with Crippen LogP contribution in [0.5, 0.6) is 0 Å². The summed E-state index contributed by atoms with van der Waals surface area (Å²) in [6.07, 6.45) is 0.771. The van der Waals surface area contributed by atoms with Crippen molar-refractivity contribution in [3.63, 3.8) is 0 Å². The van der Waals surface area contributed by atoms with Gasteiger partial charge in [0, 0.05) is 22.5 Å². The Morgan fingerprint density at radius 2 is 1.56 bits per heavy atom. The van der Waals surface area contributed by atoms with Gasteiger partial charge in [-0.15, -0.1) is 0 Å². The number of nitrogens with two attached hydrogens (primary N) is 2. The van der Waals surface area contributed by atoms with Gasteiger partial charge in [0.05, 0.1) is 11.8 Å². The van der Waals surface area contributed by atoms with E-state index in [2.05, 4.69) is 9.50 Å². The first-order valence-electron chi connectivity index (χ1n) is 9.23. The molecule has 3 rings (SSSR count). The predicted molar refractivity (Wildman–Crippen MR) is 122 cm³/mol. The molecule has 164 valence electrons. The number of carbonyl (C=O) groups excluding carboxylic acids is 2. The van der Waals surface area contributed by atoms with Crippen molar-refractivity contribution in [3.8, 4) is 11.1 Å². The zero-order chi connectivity index (χ0) is 23.5. The number of amides is 1. The van der Waals surface area contributed by atoms with E-state index in [0.717, 1.165) is 6.26 Å². The number of rotatable bonds is 6. The fourth-order valence-corrected chi connectivity index (χ4v) is 3.36. The van der Waals surface area contributed by atoms with E-state index < -0.39 is 22.0 Å². The van der Waals surface area contributed by atoms with Crippen LogP contribution in [0.1, 0.15) is 26.3 Å². The van der Waals surface area contributed by atoms with Gasteiger partial charge in [-0.05, 0) is 53.6 Å².